The Bertz CT molecular complexity index is 1030. The van der Waals surface area contributed by atoms with Gasteiger partial charge in [-0.1, -0.05) is 23.8 Å². The third-order valence-corrected chi connectivity index (χ3v) is 6.17. The Kier molecular flexibility index (Phi) is 5.88. The summed E-state index contributed by atoms with van der Waals surface area (Å²) in [5.74, 6) is 0. The van der Waals surface area contributed by atoms with Gasteiger partial charge in [0.2, 0.25) is 0 Å². The number of ether oxygens (including phenoxy) is 1. The number of methoxy groups -OCH3 is 1. The summed E-state index contributed by atoms with van der Waals surface area (Å²) in [4.78, 5) is 6.86. The highest BCUT2D eigenvalue weighted by Crippen LogP contribution is 2.41. The molecule has 1 saturated heterocycles. The Hall–Kier alpha value is -2.70. The van der Waals surface area contributed by atoms with Crippen LogP contribution in [0.2, 0.25) is 0 Å². The highest BCUT2D eigenvalue weighted by molar-refractivity contribution is 7.80. The molecule has 1 N–H and O–H groups in total. The molecule has 1 aliphatic heterocycles. The van der Waals surface area contributed by atoms with Crippen molar-refractivity contribution in [3.8, 4) is 5.69 Å². The topological polar surface area (TPSA) is 42.3 Å². The second-order valence-electron chi connectivity index (χ2n) is 7.81. The van der Waals surface area contributed by atoms with Gasteiger partial charge in [-0.3, -0.25) is 4.98 Å². The van der Waals surface area contributed by atoms with Crippen LogP contribution in [0.15, 0.2) is 54.7 Å². The highest BCUT2D eigenvalue weighted by atomic mass is 32.1. The molecule has 0 radical (unpaired) electrons. The number of benzene rings is 1. The van der Waals surface area contributed by atoms with Crippen molar-refractivity contribution < 1.29 is 4.74 Å². The standard InChI is InChI=1S/C24H28N4OS/c1-16-8-10-19(11-9-16)28-17(2)15-20(18(28)3)23-22(21-7-5-6-12-25-21)26-24(30)27(23)13-14-29-4/h5-12,15,22-23H,13-14H2,1-4H3,(H,26,30)/t22-,23+/m1/s1. The van der Waals surface area contributed by atoms with Gasteiger partial charge in [-0.05, 0) is 68.9 Å². The monoisotopic (exact) mass is 420 g/mol. The maximum absolute atomic E-state index is 5.72. The Morgan fingerprint density at radius 1 is 1.10 bits per heavy atom. The van der Waals surface area contributed by atoms with Gasteiger partial charge < -0.3 is 19.5 Å². The van der Waals surface area contributed by atoms with E-state index in [1.54, 1.807) is 7.11 Å². The van der Waals surface area contributed by atoms with Crippen LogP contribution in [0.5, 0.6) is 0 Å². The summed E-state index contributed by atoms with van der Waals surface area (Å²) in [6.45, 7) is 7.80. The van der Waals surface area contributed by atoms with E-state index in [2.05, 4.69) is 76.9 Å². The van der Waals surface area contributed by atoms with E-state index < -0.39 is 0 Å². The first-order chi connectivity index (χ1) is 14.5. The summed E-state index contributed by atoms with van der Waals surface area (Å²) >= 11 is 5.72. The van der Waals surface area contributed by atoms with Gasteiger partial charge in [0, 0.05) is 36.9 Å². The molecule has 5 nitrogen and oxygen atoms in total. The second kappa shape index (κ2) is 8.58. The maximum atomic E-state index is 5.72. The SMILES string of the molecule is COCCN1C(=S)N[C@H](c2ccccn2)[C@@H]1c1cc(C)n(-c2ccc(C)cc2)c1C. The lowest BCUT2D eigenvalue weighted by Crippen LogP contribution is -2.32. The lowest BCUT2D eigenvalue weighted by Gasteiger charge is -2.28. The maximum Gasteiger partial charge on any atom is 0.170 e. The largest absolute Gasteiger partial charge is 0.383 e. The van der Waals surface area contributed by atoms with Crippen molar-refractivity contribution in [2.24, 2.45) is 0 Å². The second-order valence-corrected chi connectivity index (χ2v) is 8.20. The van der Waals surface area contributed by atoms with Crippen LogP contribution in [0.4, 0.5) is 0 Å². The van der Waals surface area contributed by atoms with Gasteiger partial charge >= 0.3 is 0 Å². The highest BCUT2D eigenvalue weighted by Gasteiger charge is 2.41. The number of aryl methyl sites for hydroxylation is 2. The van der Waals surface area contributed by atoms with Crippen LogP contribution in [0.1, 0.15) is 40.3 Å². The van der Waals surface area contributed by atoms with Gasteiger partial charge in [0.25, 0.3) is 0 Å². The number of thiocarbonyl (C=S) groups is 1. The van der Waals surface area contributed by atoms with Crippen LogP contribution in [-0.4, -0.2) is 39.8 Å². The van der Waals surface area contributed by atoms with Crippen molar-refractivity contribution in [2.75, 3.05) is 20.3 Å². The first kappa shape index (κ1) is 20.6. The van der Waals surface area contributed by atoms with E-state index in [9.17, 15) is 0 Å². The molecule has 2 atom stereocenters. The van der Waals surface area contributed by atoms with Crippen LogP contribution in [0.3, 0.4) is 0 Å². The Balaban J connectivity index is 1.81. The summed E-state index contributed by atoms with van der Waals surface area (Å²) in [5, 5.41) is 4.25. The smallest absolute Gasteiger partial charge is 0.170 e. The average Bonchev–Trinajstić information content (AvgIpc) is 3.23. The van der Waals surface area contributed by atoms with Gasteiger partial charge in [-0.15, -0.1) is 0 Å². The van der Waals surface area contributed by atoms with Gasteiger partial charge in [0.1, 0.15) is 0 Å². The van der Waals surface area contributed by atoms with Crippen LogP contribution in [0, 0.1) is 20.8 Å². The number of nitrogens with one attached hydrogen (secondary N) is 1. The van der Waals surface area contributed by atoms with E-state index in [0.717, 1.165) is 17.4 Å². The molecule has 4 rings (SSSR count). The van der Waals surface area contributed by atoms with Gasteiger partial charge in [-0.2, -0.15) is 0 Å². The molecule has 1 fully saturated rings. The molecule has 156 valence electrons. The van der Waals surface area contributed by atoms with Gasteiger partial charge in [0.05, 0.1) is 24.4 Å². The molecule has 0 saturated carbocycles. The summed E-state index contributed by atoms with van der Waals surface area (Å²) in [6.07, 6.45) is 1.84. The normalized spacial score (nSPS) is 18.7. The minimum Gasteiger partial charge on any atom is -0.383 e. The predicted octanol–water partition coefficient (Wildman–Crippen LogP) is 4.42. The summed E-state index contributed by atoms with van der Waals surface area (Å²) < 4.78 is 7.69. The molecule has 0 bridgehead atoms. The lowest BCUT2D eigenvalue weighted by molar-refractivity contribution is 0.164. The van der Waals surface area contributed by atoms with Crippen molar-refractivity contribution in [3.05, 3.63) is 82.9 Å². The molecule has 1 aromatic carbocycles. The van der Waals surface area contributed by atoms with E-state index in [1.165, 1.54) is 28.2 Å². The third kappa shape index (κ3) is 3.73. The van der Waals surface area contributed by atoms with Crippen LogP contribution in [0.25, 0.3) is 5.69 Å². The number of aromatic nitrogens is 2. The van der Waals surface area contributed by atoms with Crippen molar-refractivity contribution in [2.45, 2.75) is 32.9 Å². The van der Waals surface area contributed by atoms with Crippen LogP contribution in [-0.2, 0) is 4.74 Å². The molecule has 2 aromatic heterocycles. The number of hydrogen-bond donors (Lipinski definition) is 1. The van der Waals surface area contributed by atoms with Crippen LogP contribution < -0.4 is 5.32 Å². The molecule has 3 aromatic rings. The summed E-state index contributed by atoms with van der Waals surface area (Å²) in [7, 11) is 1.72. The molecule has 0 amide bonds. The molecule has 0 aliphatic carbocycles. The summed E-state index contributed by atoms with van der Waals surface area (Å²) in [5.41, 5.74) is 7.10. The van der Waals surface area contributed by atoms with E-state index in [-0.39, 0.29) is 12.1 Å². The van der Waals surface area contributed by atoms with E-state index >= 15 is 0 Å². The molecule has 1 aliphatic rings. The molecule has 0 unspecified atom stereocenters. The fraction of sp³-hybridized carbons (Fsp3) is 0.333. The van der Waals surface area contributed by atoms with E-state index in [0.29, 0.717) is 6.61 Å². The quantitative estimate of drug-likeness (QED) is 0.598. The van der Waals surface area contributed by atoms with E-state index in [4.69, 9.17) is 17.0 Å². The van der Waals surface area contributed by atoms with Crippen molar-refractivity contribution in [1.29, 1.82) is 0 Å². The Labute approximate surface area is 183 Å². The fourth-order valence-electron chi connectivity index (χ4n) is 4.35. The average molecular weight is 421 g/mol. The predicted molar refractivity (Wildman–Crippen MR) is 124 cm³/mol. The number of pyridine rings is 1. The number of nitrogens with zero attached hydrogens (tertiary/aromatic N) is 3. The lowest BCUT2D eigenvalue weighted by atomic mass is 9.97. The van der Waals surface area contributed by atoms with Crippen LogP contribution >= 0.6 is 12.2 Å². The molecular formula is C24H28N4OS. The van der Waals surface area contributed by atoms with E-state index in [1.807, 2.05) is 18.3 Å². The first-order valence-electron chi connectivity index (χ1n) is 10.2. The zero-order valence-electron chi connectivity index (χ0n) is 17.9. The zero-order chi connectivity index (χ0) is 21.3. The van der Waals surface area contributed by atoms with Gasteiger partial charge in [0.15, 0.2) is 5.11 Å². The molecule has 0 spiro atoms. The van der Waals surface area contributed by atoms with Gasteiger partial charge in [-0.25, -0.2) is 0 Å². The fourth-order valence-corrected chi connectivity index (χ4v) is 4.68. The third-order valence-electron chi connectivity index (χ3n) is 5.82. The number of hydrogen-bond acceptors (Lipinski definition) is 3. The molecule has 6 heteroatoms. The van der Waals surface area contributed by atoms with Crippen molar-refractivity contribution in [1.82, 2.24) is 19.8 Å². The minimum absolute atomic E-state index is 0.0116. The molecule has 3 heterocycles. The summed E-state index contributed by atoms with van der Waals surface area (Å²) in [6, 6.07) is 17.0. The Morgan fingerprint density at radius 2 is 1.87 bits per heavy atom. The first-order valence-corrected chi connectivity index (χ1v) is 10.6. The molecule has 30 heavy (non-hydrogen) atoms. The zero-order valence-corrected chi connectivity index (χ0v) is 18.7. The Morgan fingerprint density at radius 3 is 2.53 bits per heavy atom. The number of rotatable bonds is 6. The minimum atomic E-state index is -0.0116. The van der Waals surface area contributed by atoms with Crippen molar-refractivity contribution in [3.63, 3.8) is 0 Å². The van der Waals surface area contributed by atoms with Crippen molar-refractivity contribution >= 4 is 17.3 Å². The molecular weight excluding hydrogens is 392 g/mol.